The highest BCUT2D eigenvalue weighted by atomic mass is 32.1. The minimum absolute atomic E-state index is 0.0723. The topological polar surface area (TPSA) is 120 Å². The van der Waals surface area contributed by atoms with Gasteiger partial charge in [-0.1, -0.05) is 6.92 Å². The van der Waals surface area contributed by atoms with Crippen LogP contribution in [0.25, 0.3) is 10.8 Å². The van der Waals surface area contributed by atoms with Crippen LogP contribution in [0.2, 0.25) is 0 Å². The molecule has 9 nitrogen and oxygen atoms in total. The van der Waals surface area contributed by atoms with Gasteiger partial charge in [-0.25, -0.2) is 24.5 Å². The third-order valence-corrected chi connectivity index (χ3v) is 7.06. The van der Waals surface area contributed by atoms with Gasteiger partial charge in [-0.05, 0) is 43.7 Å². The van der Waals surface area contributed by atoms with Crippen LogP contribution >= 0.6 is 22.7 Å². The smallest absolute Gasteiger partial charge is 0.358 e. The summed E-state index contributed by atoms with van der Waals surface area (Å²) in [7, 11) is 0. The van der Waals surface area contributed by atoms with Gasteiger partial charge in [0.25, 0.3) is 5.91 Å². The van der Waals surface area contributed by atoms with E-state index in [4.69, 9.17) is 9.47 Å². The number of ether oxygens (including phenoxy) is 2. The number of esters is 2. The van der Waals surface area contributed by atoms with Crippen molar-refractivity contribution < 1.29 is 23.9 Å². The molecule has 3 aromatic heterocycles. The number of amides is 1. The second kappa shape index (κ2) is 10.2. The molecule has 4 rings (SSSR count). The molecule has 0 fully saturated rings. The number of carbonyl (C=O) groups is 3. The lowest BCUT2D eigenvalue weighted by atomic mass is 9.88. The van der Waals surface area contributed by atoms with Crippen LogP contribution in [0.15, 0.2) is 23.8 Å². The fourth-order valence-electron chi connectivity index (χ4n) is 3.51. The summed E-state index contributed by atoms with van der Waals surface area (Å²) in [5.74, 6) is -0.798. The van der Waals surface area contributed by atoms with Gasteiger partial charge in [-0.2, -0.15) is 0 Å². The van der Waals surface area contributed by atoms with E-state index in [0.29, 0.717) is 27.3 Å². The van der Waals surface area contributed by atoms with Gasteiger partial charge in [0, 0.05) is 22.7 Å². The second-order valence-corrected chi connectivity index (χ2v) is 9.47. The Hall–Kier alpha value is -3.18. The van der Waals surface area contributed by atoms with Crippen LogP contribution in [-0.2, 0) is 27.1 Å². The van der Waals surface area contributed by atoms with Gasteiger partial charge in [0.1, 0.15) is 5.00 Å². The molecule has 3 aromatic rings. The maximum Gasteiger partial charge on any atom is 0.358 e. The van der Waals surface area contributed by atoms with E-state index in [1.54, 1.807) is 25.4 Å². The molecule has 1 aliphatic carbocycles. The molecule has 0 aromatic carbocycles. The molecule has 172 valence electrons. The Kier molecular flexibility index (Phi) is 7.09. The molecule has 33 heavy (non-hydrogen) atoms. The average molecular weight is 487 g/mol. The van der Waals surface area contributed by atoms with Crippen molar-refractivity contribution in [3.8, 4) is 10.8 Å². The number of thiazole rings is 1. The average Bonchev–Trinajstić information content (AvgIpc) is 3.43. The lowest BCUT2D eigenvalue weighted by Crippen LogP contribution is -2.22. The number of nitrogens with zero attached hydrogens (tertiary/aromatic N) is 3. The molecular weight excluding hydrogens is 464 g/mol. The van der Waals surface area contributed by atoms with E-state index in [-0.39, 0.29) is 12.3 Å². The largest absolute Gasteiger partial charge is 0.462 e. The van der Waals surface area contributed by atoms with Crippen molar-refractivity contribution in [3.05, 3.63) is 45.5 Å². The Morgan fingerprint density at radius 1 is 1.18 bits per heavy atom. The van der Waals surface area contributed by atoms with Gasteiger partial charge >= 0.3 is 11.9 Å². The Morgan fingerprint density at radius 3 is 2.73 bits per heavy atom. The second-order valence-electron chi connectivity index (χ2n) is 7.51. The molecule has 1 unspecified atom stereocenters. The molecule has 11 heteroatoms. The summed E-state index contributed by atoms with van der Waals surface area (Å²) in [6, 6.07) is 1.68. The molecule has 0 bridgehead atoms. The van der Waals surface area contributed by atoms with Crippen LogP contribution in [0.3, 0.4) is 0 Å². The van der Waals surface area contributed by atoms with E-state index in [1.165, 1.54) is 28.1 Å². The number of thiophene rings is 1. The van der Waals surface area contributed by atoms with E-state index in [9.17, 15) is 14.4 Å². The van der Waals surface area contributed by atoms with Crippen molar-refractivity contribution in [3.63, 3.8) is 0 Å². The monoisotopic (exact) mass is 486 g/mol. The Bertz CT molecular complexity index is 1170. The van der Waals surface area contributed by atoms with Gasteiger partial charge < -0.3 is 14.8 Å². The van der Waals surface area contributed by atoms with Crippen LogP contribution in [0, 0.1) is 5.92 Å². The summed E-state index contributed by atoms with van der Waals surface area (Å²) in [6.07, 6.45) is 5.77. The van der Waals surface area contributed by atoms with Crippen molar-refractivity contribution >= 4 is 45.5 Å². The highest BCUT2D eigenvalue weighted by molar-refractivity contribution is 7.17. The highest BCUT2D eigenvalue weighted by Gasteiger charge is 2.29. The molecular formula is C22H22N4O5S2. The Morgan fingerprint density at radius 2 is 1.97 bits per heavy atom. The van der Waals surface area contributed by atoms with E-state index in [1.807, 2.05) is 0 Å². The fourth-order valence-corrected chi connectivity index (χ4v) is 5.65. The standard InChI is InChI=1S/C22H22N4O5S2/c1-3-30-22(29)17-13-6-5-12(2)9-15(13)33-19(17)26-16(27)10-31-21(28)14-11-32-20(25-14)18-23-7-4-8-24-18/h4,7-8,11-12H,3,5-6,9-10H2,1-2H3,(H,26,27). The number of aromatic nitrogens is 3. The zero-order valence-corrected chi connectivity index (χ0v) is 19.8. The summed E-state index contributed by atoms with van der Waals surface area (Å²) in [5, 5.41) is 5.16. The van der Waals surface area contributed by atoms with Gasteiger partial charge in [0.2, 0.25) is 0 Å². The maximum absolute atomic E-state index is 12.6. The number of rotatable bonds is 7. The summed E-state index contributed by atoms with van der Waals surface area (Å²) in [5.41, 5.74) is 1.43. The molecule has 0 aliphatic heterocycles. The minimum Gasteiger partial charge on any atom is -0.462 e. The third kappa shape index (κ3) is 5.25. The molecule has 0 spiro atoms. The lowest BCUT2D eigenvalue weighted by Gasteiger charge is -2.18. The SMILES string of the molecule is CCOC(=O)c1c(NC(=O)COC(=O)c2csc(-c3ncccn3)n2)sc2c1CCC(C)C2. The molecule has 0 radical (unpaired) electrons. The van der Waals surface area contributed by atoms with E-state index < -0.39 is 24.5 Å². The van der Waals surface area contributed by atoms with Crippen molar-refractivity contribution in [2.45, 2.75) is 33.1 Å². The number of carbonyl (C=O) groups excluding carboxylic acids is 3. The quantitative estimate of drug-likeness (QED) is 0.501. The van der Waals surface area contributed by atoms with Gasteiger partial charge in [-0.3, -0.25) is 4.79 Å². The number of hydrogen-bond acceptors (Lipinski definition) is 10. The van der Waals surface area contributed by atoms with Crippen molar-refractivity contribution in [1.82, 2.24) is 15.0 Å². The van der Waals surface area contributed by atoms with E-state index in [0.717, 1.165) is 29.7 Å². The predicted molar refractivity (Wildman–Crippen MR) is 124 cm³/mol. The van der Waals surface area contributed by atoms with Crippen LogP contribution in [0.1, 0.15) is 51.6 Å². The van der Waals surface area contributed by atoms with Crippen molar-refractivity contribution in [2.75, 3.05) is 18.5 Å². The van der Waals surface area contributed by atoms with Crippen molar-refractivity contribution in [2.24, 2.45) is 5.92 Å². The molecule has 1 amide bonds. The van der Waals surface area contributed by atoms with E-state index in [2.05, 4.69) is 27.2 Å². The van der Waals surface area contributed by atoms with Gasteiger partial charge in [0.05, 0.1) is 12.2 Å². The fraction of sp³-hybridized carbons (Fsp3) is 0.364. The number of fused-ring (bicyclic) bond motifs is 1. The predicted octanol–water partition coefficient (Wildman–Crippen LogP) is 3.76. The third-order valence-electron chi connectivity index (χ3n) is 5.05. The van der Waals surface area contributed by atoms with Crippen molar-refractivity contribution in [1.29, 1.82) is 0 Å². The molecule has 0 saturated heterocycles. The Balaban J connectivity index is 1.41. The van der Waals surface area contributed by atoms with Crippen LogP contribution < -0.4 is 5.32 Å². The normalized spacial score (nSPS) is 14.9. The molecule has 0 saturated carbocycles. The molecule has 3 heterocycles. The van der Waals surface area contributed by atoms with Crippen LogP contribution in [-0.4, -0.2) is 46.0 Å². The number of nitrogens with one attached hydrogen (secondary N) is 1. The first-order chi connectivity index (χ1) is 16.0. The maximum atomic E-state index is 12.6. The van der Waals surface area contributed by atoms with Crippen LogP contribution in [0.4, 0.5) is 5.00 Å². The first-order valence-corrected chi connectivity index (χ1v) is 12.2. The highest BCUT2D eigenvalue weighted by Crippen LogP contribution is 2.40. The summed E-state index contributed by atoms with van der Waals surface area (Å²) >= 11 is 2.59. The summed E-state index contributed by atoms with van der Waals surface area (Å²) < 4.78 is 10.3. The zero-order valence-electron chi connectivity index (χ0n) is 18.1. The molecule has 1 atom stereocenters. The Labute approximate surface area is 198 Å². The van der Waals surface area contributed by atoms with Gasteiger partial charge in [0.15, 0.2) is 23.1 Å². The van der Waals surface area contributed by atoms with E-state index >= 15 is 0 Å². The number of anilines is 1. The minimum atomic E-state index is -0.728. The number of hydrogen-bond donors (Lipinski definition) is 1. The zero-order chi connectivity index (χ0) is 23.4. The molecule has 1 N–H and O–H groups in total. The first-order valence-electron chi connectivity index (χ1n) is 10.5. The van der Waals surface area contributed by atoms with Gasteiger partial charge in [-0.15, -0.1) is 22.7 Å². The lowest BCUT2D eigenvalue weighted by molar-refractivity contribution is -0.119. The summed E-state index contributed by atoms with van der Waals surface area (Å²) in [4.78, 5) is 50.9. The summed E-state index contributed by atoms with van der Waals surface area (Å²) in [6.45, 7) is 3.64. The van der Waals surface area contributed by atoms with Crippen LogP contribution in [0.5, 0.6) is 0 Å². The first kappa shape index (κ1) is 23.0. The molecule has 1 aliphatic rings.